The minimum atomic E-state index is 0.141. The van der Waals surface area contributed by atoms with Crippen molar-refractivity contribution in [1.82, 2.24) is 0 Å². The molecule has 1 aliphatic carbocycles. The quantitative estimate of drug-likeness (QED) is 0.226. The van der Waals surface area contributed by atoms with Gasteiger partial charge in [0.1, 0.15) is 24.0 Å². The Kier molecular flexibility index (Phi) is 5.22. The van der Waals surface area contributed by atoms with Crippen molar-refractivity contribution in [1.29, 1.82) is 0 Å². The fourth-order valence-corrected chi connectivity index (χ4v) is 5.75. The van der Waals surface area contributed by atoms with Gasteiger partial charge in [0.05, 0.1) is 6.61 Å². The molecule has 31 heavy (non-hydrogen) atoms. The summed E-state index contributed by atoms with van der Waals surface area (Å²) in [5, 5.41) is 5.63. The predicted molar refractivity (Wildman–Crippen MR) is 127 cm³/mol. The van der Waals surface area contributed by atoms with Crippen LogP contribution < -0.4 is 0 Å². The number of furan rings is 1. The third kappa shape index (κ3) is 4.06. The lowest BCUT2D eigenvalue weighted by Gasteiger charge is -2.47. The molecule has 1 saturated carbocycles. The number of benzene rings is 2. The van der Waals surface area contributed by atoms with E-state index >= 15 is 0 Å². The van der Waals surface area contributed by atoms with Crippen molar-refractivity contribution in [3.8, 4) is 0 Å². The topological polar surface area (TPSA) is 47.3 Å². The highest BCUT2D eigenvalue weighted by atomic mass is 79.9. The summed E-state index contributed by atoms with van der Waals surface area (Å²) < 4.78 is 12.5. The molecule has 0 N–H and O–H groups in total. The Morgan fingerprint density at radius 2 is 1.84 bits per heavy atom. The van der Waals surface area contributed by atoms with Gasteiger partial charge in [-0.1, -0.05) is 45.7 Å². The van der Waals surface area contributed by atoms with Gasteiger partial charge in [-0.25, -0.2) is 0 Å². The van der Waals surface area contributed by atoms with E-state index in [1.807, 2.05) is 12.1 Å². The molecular weight excluding hydrogens is 454 g/mol. The molecule has 0 radical (unpaired) electrons. The van der Waals surface area contributed by atoms with Gasteiger partial charge in [0, 0.05) is 15.8 Å². The summed E-state index contributed by atoms with van der Waals surface area (Å²) in [6.07, 6.45) is 2.24. The molecule has 0 bridgehead atoms. The number of ether oxygens (including phenoxy) is 1. The number of fused-ring (bicyclic) bond motifs is 1. The maximum atomic E-state index is 6.19. The van der Waals surface area contributed by atoms with Crippen LogP contribution in [0.25, 0.3) is 11.0 Å². The Bertz CT molecular complexity index is 1150. The molecule has 1 atom stereocenters. The summed E-state index contributed by atoms with van der Waals surface area (Å²) in [5.74, 6) is 1.10. The Morgan fingerprint density at radius 3 is 2.52 bits per heavy atom. The molecule has 5 rings (SSSR count). The van der Waals surface area contributed by atoms with Gasteiger partial charge >= 0.3 is 0 Å². The minimum absolute atomic E-state index is 0.141. The van der Waals surface area contributed by atoms with Gasteiger partial charge in [-0.15, -0.1) is 0 Å². The Hall–Kier alpha value is -2.11. The first-order valence-electron chi connectivity index (χ1n) is 10.9. The first-order chi connectivity index (χ1) is 14.8. The fourth-order valence-electron chi connectivity index (χ4n) is 5.37. The lowest BCUT2D eigenvalue weighted by molar-refractivity contribution is 0.119. The molecule has 5 heteroatoms. The molecule has 1 aliphatic heterocycles. The second kappa shape index (κ2) is 7.79. The first-order valence-corrected chi connectivity index (χ1v) is 11.7. The molecule has 0 spiro atoms. The highest BCUT2D eigenvalue weighted by Gasteiger charge is 2.46. The van der Waals surface area contributed by atoms with Gasteiger partial charge in [0.2, 0.25) is 0 Å². The lowest BCUT2D eigenvalue weighted by Crippen LogP contribution is -2.43. The van der Waals surface area contributed by atoms with Crippen LogP contribution in [0.5, 0.6) is 0 Å². The van der Waals surface area contributed by atoms with E-state index in [0.29, 0.717) is 12.5 Å². The zero-order chi connectivity index (χ0) is 21.8. The van der Waals surface area contributed by atoms with Crippen LogP contribution in [-0.2, 0) is 15.0 Å². The van der Waals surface area contributed by atoms with Gasteiger partial charge in [-0.2, -0.15) is 0 Å². The number of hydrogen-bond acceptors (Lipinski definition) is 4. The summed E-state index contributed by atoms with van der Waals surface area (Å²) in [6.45, 7) is 10.3. The van der Waals surface area contributed by atoms with E-state index in [1.54, 1.807) is 0 Å². The van der Waals surface area contributed by atoms with Crippen LogP contribution in [0.2, 0.25) is 0 Å². The monoisotopic (exact) mass is 481 g/mol. The molecule has 4 nitrogen and oxygen atoms in total. The van der Waals surface area contributed by atoms with E-state index in [2.05, 4.69) is 73.0 Å². The highest BCUT2D eigenvalue weighted by molar-refractivity contribution is 9.10. The third-order valence-corrected chi connectivity index (χ3v) is 7.11. The molecule has 2 aliphatic rings. The van der Waals surface area contributed by atoms with E-state index in [-0.39, 0.29) is 11.5 Å². The SMILES string of the molecule is Cc1cc(C)c(C2(C)CC(C(=NOCC3CO3)c3cc4cc(Br)ccc4o3)C2)c(C)c1. The van der Waals surface area contributed by atoms with Gasteiger partial charge in [0.15, 0.2) is 5.76 Å². The second-order valence-corrected chi connectivity index (χ2v) is 10.4. The first kappa shape index (κ1) is 20.8. The van der Waals surface area contributed by atoms with Crippen LogP contribution in [0.3, 0.4) is 0 Å². The highest BCUT2D eigenvalue weighted by Crippen LogP contribution is 2.51. The lowest BCUT2D eigenvalue weighted by atomic mass is 9.57. The van der Waals surface area contributed by atoms with Crippen LogP contribution in [0, 0.1) is 26.7 Å². The second-order valence-electron chi connectivity index (χ2n) is 9.46. The van der Waals surface area contributed by atoms with Gasteiger partial charge < -0.3 is 14.0 Å². The Labute approximate surface area is 191 Å². The van der Waals surface area contributed by atoms with Crippen LogP contribution in [-0.4, -0.2) is 25.0 Å². The zero-order valence-corrected chi connectivity index (χ0v) is 20.1. The summed E-state index contributed by atoms with van der Waals surface area (Å²) in [4.78, 5) is 5.68. The smallest absolute Gasteiger partial charge is 0.153 e. The number of hydrogen-bond donors (Lipinski definition) is 0. The van der Waals surface area contributed by atoms with Crippen molar-refractivity contribution in [3.05, 3.63) is 68.9 Å². The number of epoxide rings is 1. The van der Waals surface area contributed by atoms with Gasteiger partial charge in [-0.05, 0) is 80.0 Å². The van der Waals surface area contributed by atoms with Crippen molar-refractivity contribution in [2.24, 2.45) is 11.1 Å². The minimum Gasteiger partial charge on any atom is -0.455 e. The van der Waals surface area contributed by atoms with E-state index in [4.69, 9.17) is 14.0 Å². The fraction of sp³-hybridized carbons (Fsp3) is 0.423. The molecule has 2 aromatic carbocycles. The summed E-state index contributed by atoms with van der Waals surface area (Å²) >= 11 is 3.55. The molecule has 2 fully saturated rings. The zero-order valence-electron chi connectivity index (χ0n) is 18.5. The van der Waals surface area contributed by atoms with E-state index in [1.165, 1.54) is 22.3 Å². The number of halogens is 1. The maximum Gasteiger partial charge on any atom is 0.153 e. The maximum absolute atomic E-state index is 6.19. The summed E-state index contributed by atoms with van der Waals surface area (Å²) in [7, 11) is 0. The van der Waals surface area contributed by atoms with Crippen molar-refractivity contribution in [2.45, 2.75) is 52.1 Å². The number of oxime groups is 1. The molecule has 1 aromatic heterocycles. The number of aryl methyl sites for hydroxylation is 3. The molecule has 2 heterocycles. The third-order valence-electron chi connectivity index (χ3n) is 6.62. The Morgan fingerprint density at radius 1 is 1.13 bits per heavy atom. The number of rotatable bonds is 6. The Balaban J connectivity index is 1.44. The largest absolute Gasteiger partial charge is 0.455 e. The van der Waals surface area contributed by atoms with Gasteiger partial charge in [0.25, 0.3) is 0 Å². The predicted octanol–water partition coefficient (Wildman–Crippen LogP) is 6.61. The molecular formula is C26H28BrNO3. The van der Waals surface area contributed by atoms with Crippen molar-refractivity contribution < 1.29 is 14.0 Å². The van der Waals surface area contributed by atoms with E-state index < -0.39 is 0 Å². The summed E-state index contributed by atoms with van der Waals surface area (Å²) in [6, 6.07) is 12.7. The van der Waals surface area contributed by atoms with Crippen molar-refractivity contribution in [3.63, 3.8) is 0 Å². The van der Waals surface area contributed by atoms with Crippen LogP contribution in [0.4, 0.5) is 0 Å². The van der Waals surface area contributed by atoms with E-state index in [9.17, 15) is 0 Å². The van der Waals surface area contributed by atoms with Crippen molar-refractivity contribution in [2.75, 3.05) is 13.2 Å². The molecule has 1 saturated heterocycles. The summed E-state index contributed by atoms with van der Waals surface area (Å²) in [5.41, 5.74) is 7.48. The van der Waals surface area contributed by atoms with Crippen LogP contribution in [0.15, 0.2) is 50.4 Å². The van der Waals surface area contributed by atoms with Crippen LogP contribution in [0.1, 0.15) is 47.8 Å². The molecule has 3 aromatic rings. The number of nitrogens with zero attached hydrogens (tertiary/aromatic N) is 1. The average Bonchev–Trinajstić information content (AvgIpc) is 3.40. The van der Waals surface area contributed by atoms with Crippen LogP contribution >= 0.6 is 15.9 Å². The molecule has 1 unspecified atom stereocenters. The van der Waals surface area contributed by atoms with E-state index in [0.717, 1.165) is 46.4 Å². The average molecular weight is 482 g/mol. The van der Waals surface area contributed by atoms with Gasteiger partial charge in [-0.3, -0.25) is 0 Å². The van der Waals surface area contributed by atoms with Crippen molar-refractivity contribution >= 4 is 32.6 Å². The molecule has 0 amide bonds. The standard InChI is InChI=1S/C26H28BrNO3/c1-15-7-16(2)24(17(3)8-15)26(4)11-19(12-26)25(28-30-14-21-13-29-21)23-10-18-9-20(27)5-6-22(18)31-23/h5-10,19,21H,11-14H2,1-4H3. The normalized spacial score (nSPS) is 25.5. The molecule has 162 valence electrons.